The van der Waals surface area contributed by atoms with Gasteiger partial charge in [-0.1, -0.05) is 55.5 Å². The van der Waals surface area contributed by atoms with Crippen LogP contribution in [0.15, 0.2) is 54.6 Å². The fourth-order valence-electron chi connectivity index (χ4n) is 2.34. The number of hydrogen-bond acceptors (Lipinski definition) is 2. The van der Waals surface area contributed by atoms with Gasteiger partial charge in [-0.05, 0) is 28.8 Å². The van der Waals surface area contributed by atoms with Crippen molar-refractivity contribution in [2.24, 2.45) is 0 Å². The van der Waals surface area contributed by atoms with Crippen molar-refractivity contribution >= 4 is 22.6 Å². The second-order valence-electron chi connectivity index (χ2n) is 5.05. The fraction of sp³-hybridized carbons (Fsp3) is 0.222. The summed E-state index contributed by atoms with van der Waals surface area (Å²) < 4.78 is 0. The lowest BCUT2D eigenvalue weighted by atomic mass is 9.99. The third kappa shape index (κ3) is 3.95. The zero-order chi connectivity index (χ0) is 15.9. The molecule has 0 aromatic heterocycles. The minimum Gasteiger partial charge on any atom is -0.480 e. The van der Waals surface area contributed by atoms with Crippen LogP contribution in [0.25, 0.3) is 10.8 Å². The van der Waals surface area contributed by atoms with E-state index in [9.17, 15) is 14.7 Å². The maximum atomic E-state index is 11.7. The largest absolute Gasteiger partial charge is 0.480 e. The molecule has 0 saturated heterocycles. The Hall–Kier alpha value is -2.62. The van der Waals surface area contributed by atoms with E-state index in [4.69, 9.17) is 0 Å². The molecule has 0 spiro atoms. The highest BCUT2D eigenvalue weighted by Gasteiger charge is 2.20. The predicted octanol–water partition coefficient (Wildman–Crippen LogP) is 2.92. The summed E-state index contributed by atoms with van der Waals surface area (Å²) in [5.41, 5.74) is 0.908. The van der Waals surface area contributed by atoms with E-state index < -0.39 is 12.0 Å². The molecule has 0 aliphatic rings. The molecule has 2 aromatic carbocycles. The van der Waals surface area contributed by atoms with Crippen molar-refractivity contribution in [2.45, 2.75) is 25.8 Å². The van der Waals surface area contributed by atoms with Crippen LogP contribution in [0, 0.1) is 0 Å². The molecule has 0 unspecified atom stereocenters. The number of carboxylic acid groups (broad SMARTS) is 1. The Labute approximate surface area is 129 Å². The van der Waals surface area contributed by atoms with E-state index in [2.05, 4.69) is 5.32 Å². The van der Waals surface area contributed by atoms with Crippen molar-refractivity contribution in [1.82, 2.24) is 5.32 Å². The van der Waals surface area contributed by atoms with Gasteiger partial charge in [0.25, 0.3) is 0 Å². The standard InChI is InChI=1S/C18H19NO3/c1-2-3-11-17(20)19-16(18(21)22)12-14-9-6-8-13-7-4-5-10-15(13)14/h3-11,16H,2,12H2,1H3,(H,19,20)(H,21,22)/t16-/m0/s1. The van der Waals surface area contributed by atoms with Crippen LogP contribution < -0.4 is 5.32 Å². The zero-order valence-electron chi connectivity index (χ0n) is 12.5. The molecule has 22 heavy (non-hydrogen) atoms. The van der Waals surface area contributed by atoms with Crippen LogP contribution in [0.4, 0.5) is 0 Å². The van der Waals surface area contributed by atoms with Gasteiger partial charge >= 0.3 is 5.97 Å². The highest BCUT2D eigenvalue weighted by atomic mass is 16.4. The molecule has 0 bridgehead atoms. The first-order valence-corrected chi connectivity index (χ1v) is 7.28. The molecule has 1 atom stereocenters. The molecule has 2 N–H and O–H groups in total. The molecule has 114 valence electrons. The summed E-state index contributed by atoms with van der Waals surface area (Å²) >= 11 is 0. The monoisotopic (exact) mass is 297 g/mol. The van der Waals surface area contributed by atoms with Gasteiger partial charge in [0.2, 0.25) is 5.91 Å². The number of benzene rings is 2. The number of allylic oxidation sites excluding steroid dienone is 1. The Morgan fingerprint density at radius 3 is 2.64 bits per heavy atom. The molecule has 0 radical (unpaired) electrons. The molecule has 1 amide bonds. The Morgan fingerprint density at radius 2 is 1.91 bits per heavy atom. The summed E-state index contributed by atoms with van der Waals surface area (Å²) in [6.45, 7) is 1.91. The van der Waals surface area contributed by atoms with E-state index >= 15 is 0 Å². The Bertz CT molecular complexity index is 701. The lowest BCUT2D eigenvalue weighted by Gasteiger charge is -2.15. The number of hydrogen-bond donors (Lipinski definition) is 2. The zero-order valence-corrected chi connectivity index (χ0v) is 12.5. The maximum Gasteiger partial charge on any atom is 0.326 e. The number of carboxylic acids is 1. The smallest absolute Gasteiger partial charge is 0.326 e. The topological polar surface area (TPSA) is 66.4 Å². The first-order chi connectivity index (χ1) is 10.6. The van der Waals surface area contributed by atoms with Crippen LogP contribution in [-0.4, -0.2) is 23.0 Å². The quantitative estimate of drug-likeness (QED) is 0.806. The van der Waals surface area contributed by atoms with Gasteiger partial charge in [0.15, 0.2) is 0 Å². The molecular weight excluding hydrogens is 278 g/mol. The van der Waals surface area contributed by atoms with Crippen molar-refractivity contribution in [3.63, 3.8) is 0 Å². The van der Waals surface area contributed by atoms with Crippen molar-refractivity contribution in [1.29, 1.82) is 0 Å². The van der Waals surface area contributed by atoms with E-state index in [1.54, 1.807) is 6.08 Å². The average Bonchev–Trinajstić information content (AvgIpc) is 2.52. The molecule has 0 aliphatic carbocycles. The van der Waals surface area contributed by atoms with Crippen molar-refractivity contribution in [3.8, 4) is 0 Å². The lowest BCUT2D eigenvalue weighted by molar-refractivity contribution is -0.141. The van der Waals surface area contributed by atoms with Crippen molar-refractivity contribution in [2.75, 3.05) is 0 Å². The average molecular weight is 297 g/mol. The molecule has 4 heteroatoms. The van der Waals surface area contributed by atoms with Gasteiger partial charge in [0, 0.05) is 6.42 Å². The molecule has 4 nitrogen and oxygen atoms in total. The summed E-state index contributed by atoms with van der Waals surface area (Å²) in [6.07, 6.45) is 4.06. The van der Waals surface area contributed by atoms with Gasteiger partial charge < -0.3 is 10.4 Å². The molecule has 0 heterocycles. The number of rotatable bonds is 6. The lowest BCUT2D eigenvalue weighted by Crippen LogP contribution is -2.41. The predicted molar refractivity (Wildman–Crippen MR) is 86.6 cm³/mol. The van der Waals surface area contributed by atoms with Crippen molar-refractivity contribution < 1.29 is 14.7 Å². The van der Waals surface area contributed by atoms with Gasteiger partial charge in [0.05, 0.1) is 0 Å². The molecule has 2 rings (SSSR count). The first-order valence-electron chi connectivity index (χ1n) is 7.28. The van der Waals surface area contributed by atoms with E-state index in [-0.39, 0.29) is 12.3 Å². The van der Waals surface area contributed by atoms with Gasteiger partial charge in [0.1, 0.15) is 6.04 Å². The Morgan fingerprint density at radius 1 is 1.18 bits per heavy atom. The number of carbonyl (C=O) groups is 2. The van der Waals surface area contributed by atoms with E-state index in [0.717, 1.165) is 22.8 Å². The molecule has 2 aromatic rings. The maximum absolute atomic E-state index is 11.7. The van der Waals surface area contributed by atoms with Gasteiger partial charge in [-0.15, -0.1) is 0 Å². The van der Waals surface area contributed by atoms with Crippen molar-refractivity contribution in [3.05, 3.63) is 60.2 Å². The first kappa shape index (κ1) is 15.8. The highest BCUT2D eigenvalue weighted by Crippen LogP contribution is 2.19. The summed E-state index contributed by atoms with van der Waals surface area (Å²) in [7, 11) is 0. The van der Waals surface area contributed by atoms with Crippen LogP contribution in [0.3, 0.4) is 0 Å². The van der Waals surface area contributed by atoms with Gasteiger partial charge in [-0.25, -0.2) is 4.79 Å². The minimum atomic E-state index is -1.04. The minimum absolute atomic E-state index is 0.252. The van der Waals surface area contributed by atoms with E-state index in [1.807, 2.05) is 49.4 Å². The molecular formula is C18H19NO3. The number of fused-ring (bicyclic) bond motifs is 1. The fourth-order valence-corrected chi connectivity index (χ4v) is 2.34. The number of amides is 1. The number of nitrogens with one attached hydrogen (secondary N) is 1. The van der Waals surface area contributed by atoms with Crippen LogP contribution in [-0.2, 0) is 16.0 Å². The van der Waals surface area contributed by atoms with E-state index in [0.29, 0.717) is 0 Å². The summed E-state index contributed by atoms with van der Waals surface area (Å²) in [6, 6.07) is 12.6. The second-order valence-corrected chi connectivity index (χ2v) is 5.05. The Kier molecular flexibility index (Phi) is 5.31. The SMILES string of the molecule is CCC=CC(=O)N[C@@H](Cc1cccc2ccccc12)C(=O)O. The molecule has 0 fully saturated rings. The summed E-state index contributed by atoms with van der Waals surface area (Å²) in [5.74, 6) is -1.42. The van der Waals surface area contributed by atoms with Gasteiger partial charge in [-0.2, -0.15) is 0 Å². The van der Waals surface area contributed by atoms with Crippen LogP contribution >= 0.6 is 0 Å². The summed E-state index contributed by atoms with van der Waals surface area (Å²) in [5, 5.41) is 13.9. The van der Waals surface area contributed by atoms with Crippen LogP contribution in [0.1, 0.15) is 18.9 Å². The summed E-state index contributed by atoms with van der Waals surface area (Å²) in [4.78, 5) is 23.1. The third-order valence-electron chi connectivity index (χ3n) is 3.42. The van der Waals surface area contributed by atoms with Crippen LogP contribution in [0.5, 0.6) is 0 Å². The number of carbonyl (C=O) groups excluding carboxylic acids is 1. The Balaban J connectivity index is 2.21. The van der Waals surface area contributed by atoms with E-state index in [1.165, 1.54) is 6.08 Å². The number of aliphatic carboxylic acids is 1. The second kappa shape index (κ2) is 7.41. The van der Waals surface area contributed by atoms with Gasteiger partial charge in [-0.3, -0.25) is 4.79 Å². The van der Waals surface area contributed by atoms with Crippen LogP contribution in [0.2, 0.25) is 0 Å². The molecule has 0 saturated carbocycles. The normalized spacial score (nSPS) is 12.4. The highest BCUT2D eigenvalue weighted by molar-refractivity contribution is 5.92. The third-order valence-corrected chi connectivity index (χ3v) is 3.42. The molecule has 0 aliphatic heterocycles.